The number of benzene rings is 2. The molecule has 0 aliphatic heterocycles. The predicted octanol–water partition coefficient (Wildman–Crippen LogP) is 3.64. The lowest BCUT2D eigenvalue weighted by atomic mass is 10.2. The summed E-state index contributed by atoms with van der Waals surface area (Å²) in [7, 11) is 0. The van der Waals surface area contributed by atoms with Gasteiger partial charge in [-0.2, -0.15) is 0 Å². The molecule has 0 heterocycles. The maximum absolute atomic E-state index is 5.90. The summed E-state index contributed by atoms with van der Waals surface area (Å²) in [4.78, 5) is 4.45. The van der Waals surface area contributed by atoms with Crippen molar-refractivity contribution >= 4 is 39.1 Å². The second-order valence-electron chi connectivity index (χ2n) is 3.56. The summed E-state index contributed by atoms with van der Waals surface area (Å²) >= 11 is 9.34. The third kappa shape index (κ3) is 3.10. The molecule has 2 aromatic rings. The van der Waals surface area contributed by atoms with Gasteiger partial charge in [0.1, 0.15) is 5.84 Å². The highest BCUT2D eigenvalue weighted by molar-refractivity contribution is 9.10. The van der Waals surface area contributed by atoms with Crippen molar-refractivity contribution < 1.29 is 0 Å². The Balaban J connectivity index is 2.42. The number of hydrazine groups is 1. The molecule has 0 radical (unpaired) electrons. The molecule has 18 heavy (non-hydrogen) atoms. The SMILES string of the molecule is NNC(=Nc1ccccc1)c1ccc(Cl)cc1Br. The number of amidine groups is 1. The number of hydrogen-bond donors (Lipinski definition) is 2. The maximum Gasteiger partial charge on any atom is 0.149 e. The summed E-state index contributed by atoms with van der Waals surface area (Å²) in [5.74, 6) is 6.10. The van der Waals surface area contributed by atoms with Crippen LogP contribution in [0.5, 0.6) is 0 Å². The average Bonchev–Trinajstić information content (AvgIpc) is 2.38. The van der Waals surface area contributed by atoms with E-state index in [2.05, 4.69) is 26.3 Å². The largest absolute Gasteiger partial charge is 0.308 e. The lowest BCUT2D eigenvalue weighted by Crippen LogP contribution is -2.31. The monoisotopic (exact) mass is 323 g/mol. The van der Waals surface area contributed by atoms with Gasteiger partial charge in [-0.1, -0.05) is 29.8 Å². The molecule has 0 atom stereocenters. The molecular weight excluding hydrogens is 314 g/mol. The topological polar surface area (TPSA) is 50.4 Å². The minimum atomic E-state index is 0.574. The van der Waals surface area contributed by atoms with E-state index in [0.29, 0.717) is 10.9 Å². The molecule has 0 aliphatic rings. The number of nitrogens with zero attached hydrogens (tertiary/aromatic N) is 1. The Hall–Kier alpha value is -1.36. The van der Waals surface area contributed by atoms with Gasteiger partial charge in [0.15, 0.2) is 0 Å². The van der Waals surface area contributed by atoms with E-state index in [1.54, 1.807) is 12.1 Å². The standard InChI is InChI=1S/C13H11BrClN3/c14-12-8-9(15)6-7-11(12)13(18-16)17-10-4-2-1-3-5-10/h1-8H,16H2,(H,17,18). The van der Waals surface area contributed by atoms with Gasteiger partial charge >= 0.3 is 0 Å². The van der Waals surface area contributed by atoms with Crippen LogP contribution in [0.4, 0.5) is 5.69 Å². The van der Waals surface area contributed by atoms with Crippen LogP contribution in [0.2, 0.25) is 5.02 Å². The van der Waals surface area contributed by atoms with E-state index in [0.717, 1.165) is 15.7 Å². The van der Waals surface area contributed by atoms with Crippen molar-refractivity contribution in [1.82, 2.24) is 5.43 Å². The molecule has 5 heteroatoms. The molecular formula is C13H11BrClN3. The van der Waals surface area contributed by atoms with Crippen LogP contribution in [-0.2, 0) is 0 Å². The number of para-hydroxylation sites is 1. The van der Waals surface area contributed by atoms with Crippen LogP contribution < -0.4 is 11.3 Å². The summed E-state index contributed by atoms with van der Waals surface area (Å²) in [6.45, 7) is 0. The number of hydrogen-bond acceptors (Lipinski definition) is 2. The fourth-order valence-electron chi connectivity index (χ4n) is 1.48. The van der Waals surface area contributed by atoms with E-state index in [9.17, 15) is 0 Å². The first-order valence-electron chi connectivity index (χ1n) is 5.26. The Morgan fingerprint density at radius 2 is 1.89 bits per heavy atom. The van der Waals surface area contributed by atoms with E-state index in [-0.39, 0.29) is 0 Å². The normalized spacial score (nSPS) is 11.4. The van der Waals surface area contributed by atoms with Gasteiger partial charge in [-0.05, 0) is 46.3 Å². The Kier molecular flexibility index (Phi) is 4.36. The van der Waals surface area contributed by atoms with Gasteiger partial charge in [0, 0.05) is 15.1 Å². The molecule has 0 saturated heterocycles. The highest BCUT2D eigenvalue weighted by Gasteiger charge is 2.07. The van der Waals surface area contributed by atoms with E-state index in [1.807, 2.05) is 36.4 Å². The van der Waals surface area contributed by atoms with Gasteiger partial charge in [0.2, 0.25) is 0 Å². The molecule has 0 aliphatic carbocycles. The van der Waals surface area contributed by atoms with Crippen molar-refractivity contribution in [2.75, 3.05) is 0 Å². The number of nitrogens with one attached hydrogen (secondary N) is 1. The van der Waals surface area contributed by atoms with E-state index >= 15 is 0 Å². The van der Waals surface area contributed by atoms with Crippen LogP contribution in [0.15, 0.2) is 58.0 Å². The minimum absolute atomic E-state index is 0.574. The second kappa shape index (κ2) is 6.00. The first-order chi connectivity index (χ1) is 8.70. The summed E-state index contributed by atoms with van der Waals surface area (Å²) < 4.78 is 0.836. The fraction of sp³-hybridized carbons (Fsp3) is 0. The molecule has 0 amide bonds. The lowest BCUT2D eigenvalue weighted by molar-refractivity contribution is 1.02. The third-order valence-electron chi connectivity index (χ3n) is 2.32. The molecule has 0 bridgehead atoms. The van der Waals surface area contributed by atoms with E-state index in [4.69, 9.17) is 17.4 Å². The van der Waals surface area contributed by atoms with Gasteiger partial charge in [-0.3, -0.25) is 0 Å². The van der Waals surface area contributed by atoms with Crippen molar-refractivity contribution in [2.45, 2.75) is 0 Å². The van der Waals surface area contributed by atoms with Gasteiger partial charge in [-0.15, -0.1) is 0 Å². The second-order valence-corrected chi connectivity index (χ2v) is 4.86. The van der Waals surface area contributed by atoms with Gasteiger partial charge in [0.05, 0.1) is 5.69 Å². The third-order valence-corrected chi connectivity index (χ3v) is 3.21. The Bertz CT molecular complexity index is 570. The number of aliphatic imine (C=N–C) groups is 1. The Labute approximate surface area is 119 Å². The lowest BCUT2D eigenvalue weighted by Gasteiger charge is -2.08. The number of halogens is 2. The summed E-state index contributed by atoms with van der Waals surface area (Å²) in [5.41, 5.74) is 4.28. The van der Waals surface area contributed by atoms with Gasteiger partial charge in [0.25, 0.3) is 0 Å². The zero-order chi connectivity index (χ0) is 13.0. The first-order valence-corrected chi connectivity index (χ1v) is 6.43. The first kappa shape index (κ1) is 13.1. The smallest absolute Gasteiger partial charge is 0.149 e. The Morgan fingerprint density at radius 1 is 1.17 bits per heavy atom. The number of nitrogens with two attached hydrogens (primary N) is 1. The molecule has 0 unspecified atom stereocenters. The van der Waals surface area contributed by atoms with Crippen LogP contribution in [0.25, 0.3) is 0 Å². The molecule has 2 aromatic carbocycles. The average molecular weight is 325 g/mol. The molecule has 3 N–H and O–H groups in total. The van der Waals surface area contributed by atoms with Gasteiger partial charge in [-0.25, -0.2) is 10.8 Å². The van der Waals surface area contributed by atoms with Crippen molar-refractivity contribution in [3.05, 3.63) is 63.6 Å². The molecule has 92 valence electrons. The van der Waals surface area contributed by atoms with Crippen molar-refractivity contribution in [3.63, 3.8) is 0 Å². The van der Waals surface area contributed by atoms with Crippen LogP contribution in [0, 0.1) is 0 Å². The molecule has 0 spiro atoms. The predicted molar refractivity (Wildman–Crippen MR) is 79.1 cm³/mol. The van der Waals surface area contributed by atoms with Crippen molar-refractivity contribution in [2.24, 2.45) is 10.8 Å². The molecule has 3 nitrogen and oxygen atoms in total. The quantitative estimate of drug-likeness (QED) is 0.383. The van der Waals surface area contributed by atoms with Gasteiger partial charge < -0.3 is 5.43 Å². The molecule has 0 aromatic heterocycles. The molecule has 0 saturated carbocycles. The number of rotatable bonds is 2. The fourth-order valence-corrected chi connectivity index (χ4v) is 2.35. The van der Waals surface area contributed by atoms with Crippen LogP contribution in [0.1, 0.15) is 5.56 Å². The zero-order valence-corrected chi connectivity index (χ0v) is 11.7. The summed E-state index contributed by atoms with van der Waals surface area (Å²) in [6.07, 6.45) is 0. The highest BCUT2D eigenvalue weighted by Crippen LogP contribution is 2.23. The van der Waals surface area contributed by atoms with Crippen molar-refractivity contribution in [3.8, 4) is 0 Å². The maximum atomic E-state index is 5.90. The van der Waals surface area contributed by atoms with Crippen LogP contribution >= 0.6 is 27.5 Å². The van der Waals surface area contributed by atoms with E-state index < -0.39 is 0 Å². The van der Waals surface area contributed by atoms with Crippen LogP contribution in [0.3, 0.4) is 0 Å². The zero-order valence-electron chi connectivity index (χ0n) is 9.40. The van der Waals surface area contributed by atoms with E-state index in [1.165, 1.54) is 0 Å². The molecule has 2 rings (SSSR count). The van der Waals surface area contributed by atoms with Crippen LogP contribution in [-0.4, -0.2) is 5.84 Å². The Morgan fingerprint density at radius 3 is 2.50 bits per heavy atom. The molecule has 0 fully saturated rings. The summed E-state index contributed by atoms with van der Waals surface area (Å²) in [6, 6.07) is 15.0. The summed E-state index contributed by atoms with van der Waals surface area (Å²) in [5, 5.41) is 0.654. The highest BCUT2D eigenvalue weighted by atomic mass is 79.9. The van der Waals surface area contributed by atoms with Crippen molar-refractivity contribution in [1.29, 1.82) is 0 Å². The minimum Gasteiger partial charge on any atom is -0.308 e.